The molecule has 2 aromatic heterocycles. The van der Waals surface area contributed by atoms with Crippen molar-refractivity contribution in [1.29, 1.82) is 0 Å². The Kier molecular flexibility index (Phi) is 4.17. The first-order valence-electron chi connectivity index (χ1n) is 7.92. The van der Waals surface area contributed by atoms with Crippen LogP contribution in [0.5, 0.6) is 0 Å². The van der Waals surface area contributed by atoms with E-state index in [1.165, 1.54) is 0 Å². The van der Waals surface area contributed by atoms with Gasteiger partial charge < -0.3 is 10.0 Å². The van der Waals surface area contributed by atoms with Crippen molar-refractivity contribution in [2.24, 2.45) is 5.92 Å². The van der Waals surface area contributed by atoms with Gasteiger partial charge in [-0.15, -0.1) is 0 Å². The van der Waals surface area contributed by atoms with Gasteiger partial charge in [-0.2, -0.15) is 5.10 Å². The number of aromatic nitrogens is 3. The zero-order valence-electron chi connectivity index (χ0n) is 13.7. The lowest BCUT2D eigenvalue weighted by Gasteiger charge is -2.34. The number of aliphatic hydroxyl groups excluding tert-OH is 1. The molecular weight excluding hydrogens is 292 g/mol. The maximum atomic E-state index is 12.5. The molecule has 1 fully saturated rings. The Bertz CT molecular complexity index is 708. The fraction of sp³-hybridized carbons (Fsp3) is 0.471. The lowest BCUT2D eigenvalue weighted by Crippen LogP contribution is -2.45. The van der Waals surface area contributed by atoms with Gasteiger partial charge in [0.05, 0.1) is 17.4 Å². The van der Waals surface area contributed by atoms with Crippen LogP contribution in [0.15, 0.2) is 24.4 Å². The molecule has 6 nitrogen and oxygen atoms in total. The molecule has 2 atom stereocenters. The number of likely N-dealkylation sites (tertiary alicyclic amines) is 1. The average Bonchev–Trinajstić information content (AvgIpc) is 2.88. The summed E-state index contributed by atoms with van der Waals surface area (Å²) >= 11 is 0. The van der Waals surface area contributed by atoms with E-state index in [1.54, 1.807) is 27.9 Å². The number of hydrogen-bond acceptors (Lipinski definition) is 4. The van der Waals surface area contributed by atoms with E-state index in [0.29, 0.717) is 24.5 Å². The molecule has 23 heavy (non-hydrogen) atoms. The molecule has 1 amide bonds. The summed E-state index contributed by atoms with van der Waals surface area (Å²) in [6.45, 7) is 6.98. The van der Waals surface area contributed by atoms with E-state index in [9.17, 15) is 9.90 Å². The maximum Gasteiger partial charge on any atom is 0.255 e. The molecule has 1 aliphatic rings. The third kappa shape index (κ3) is 3.12. The number of aryl methyl sites for hydroxylation is 2. The summed E-state index contributed by atoms with van der Waals surface area (Å²) in [5.41, 5.74) is 2.47. The van der Waals surface area contributed by atoms with E-state index in [2.05, 4.69) is 10.1 Å². The van der Waals surface area contributed by atoms with Crippen LogP contribution in [-0.2, 0) is 0 Å². The number of carbonyl (C=O) groups excluding carboxylic acids is 1. The summed E-state index contributed by atoms with van der Waals surface area (Å²) in [6, 6.07) is 5.55. The predicted molar refractivity (Wildman–Crippen MR) is 86.5 cm³/mol. The molecule has 2 aromatic rings. The number of β-amino-alcohol motifs (C(OH)–C–C–N with tert-alkyl or cyclic N) is 1. The lowest BCUT2D eigenvalue weighted by molar-refractivity contribution is 0.0248. The van der Waals surface area contributed by atoms with E-state index in [0.717, 1.165) is 17.8 Å². The van der Waals surface area contributed by atoms with Gasteiger partial charge >= 0.3 is 0 Å². The van der Waals surface area contributed by atoms with Gasteiger partial charge in [0.1, 0.15) is 0 Å². The highest BCUT2D eigenvalue weighted by Crippen LogP contribution is 2.19. The highest BCUT2D eigenvalue weighted by atomic mass is 16.3. The summed E-state index contributed by atoms with van der Waals surface area (Å²) in [5, 5.41) is 14.3. The van der Waals surface area contributed by atoms with Crippen molar-refractivity contribution in [3.05, 3.63) is 41.3 Å². The minimum absolute atomic E-state index is 0.0802. The summed E-state index contributed by atoms with van der Waals surface area (Å²) in [5.74, 6) is 0.855. The van der Waals surface area contributed by atoms with E-state index in [-0.39, 0.29) is 11.8 Å². The van der Waals surface area contributed by atoms with Crippen molar-refractivity contribution in [2.75, 3.05) is 13.1 Å². The number of carbonyl (C=O) groups is 1. The van der Waals surface area contributed by atoms with E-state index >= 15 is 0 Å². The van der Waals surface area contributed by atoms with Crippen LogP contribution in [-0.4, -0.2) is 49.9 Å². The number of amides is 1. The fourth-order valence-electron chi connectivity index (χ4n) is 2.91. The second-order valence-electron chi connectivity index (χ2n) is 6.33. The van der Waals surface area contributed by atoms with E-state index in [4.69, 9.17) is 0 Å². The molecule has 0 radical (unpaired) electrons. The van der Waals surface area contributed by atoms with Gasteiger partial charge in [-0.1, -0.05) is 6.92 Å². The number of pyridine rings is 1. The first-order chi connectivity index (χ1) is 11.0. The third-order valence-electron chi connectivity index (χ3n) is 4.43. The molecule has 3 rings (SSSR count). The van der Waals surface area contributed by atoms with Gasteiger partial charge in [-0.3, -0.25) is 4.79 Å². The van der Waals surface area contributed by atoms with Crippen molar-refractivity contribution in [1.82, 2.24) is 19.7 Å². The summed E-state index contributed by atoms with van der Waals surface area (Å²) in [4.78, 5) is 18.6. The Morgan fingerprint density at radius 2 is 2.13 bits per heavy atom. The molecular formula is C17H22N4O2. The Morgan fingerprint density at radius 1 is 1.35 bits per heavy atom. The Morgan fingerprint density at radius 3 is 2.70 bits per heavy atom. The van der Waals surface area contributed by atoms with Crippen molar-refractivity contribution in [3.63, 3.8) is 0 Å². The molecule has 1 saturated heterocycles. The van der Waals surface area contributed by atoms with Gasteiger partial charge in [0.15, 0.2) is 5.82 Å². The molecule has 6 heteroatoms. The van der Waals surface area contributed by atoms with Crippen LogP contribution < -0.4 is 0 Å². The first kappa shape index (κ1) is 15.7. The summed E-state index contributed by atoms with van der Waals surface area (Å²) in [7, 11) is 0. The van der Waals surface area contributed by atoms with E-state index < -0.39 is 6.10 Å². The molecule has 2 unspecified atom stereocenters. The third-order valence-corrected chi connectivity index (χ3v) is 4.43. The van der Waals surface area contributed by atoms with Crippen molar-refractivity contribution in [3.8, 4) is 5.82 Å². The van der Waals surface area contributed by atoms with Gasteiger partial charge in [0, 0.05) is 25.0 Å². The number of nitrogens with zero attached hydrogens (tertiary/aromatic N) is 4. The van der Waals surface area contributed by atoms with Crippen molar-refractivity contribution in [2.45, 2.75) is 33.3 Å². The first-order valence-corrected chi connectivity index (χ1v) is 7.92. The fourth-order valence-corrected chi connectivity index (χ4v) is 2.91. The topological polar surface area (TPSA) is 71.2 Å². The minimum Gasteiger partial charge on any atom is -0.391 e. The maximum absolute atomic E-state index is 12.5. The second kappa shape index (κ2) is 6.12. The Hall–Kier alpha value is -2.21. The molecule has 1 aliphatic heterocycles. The normalized spacial score (nSPS) is 21.5. The standard InChI is InChI=1S/C17H22N4O2/c1-11-6-7-20(10-15(11)22)17(23)14-4-5-16(18-9-14)21-13(3)8-12(2)19-21/h4-5,8-9,11,15,22H,6-7,10H2,1-3H3. The molecule has 0 spiro atoms. The second-order valence-corrected chi connectivity index (χ2v) is 6.33. The molecule has 3 heterocycles. The van der Waals surface area contributed by atoms with Gasteiger partial charge in [-0.25, -0.2) is 9.67 Å². The van der Waals surface area contributed by atoms with Gasteiger partial charge in [0.25, 0.3) is 5.91 Å². The van der Waals surface area contributed by atoms with Crippen LogP contribution in [0.4, 0.5) is 0 Å². The minimum atomic E-state index is -0.449. The SMILES string of the molecule is Cc1cc(C)n(-c2ccc(C(=O)N3CCC(C)C(O)C3)cn2)n1. The number of hydrogen-bond donors (Lipinski definition) is 1. The highest BCUT2D eigenvalue weighted by molar-refractivity contribution is 5.94. The number of rotatable bonds is 2. The predicted octanol–water partition coefficient (Wildman–Crippen LogP) is 1.73. The molecule has 0 aliphatic carbocycles. The zero-order valence-corrected chi connectivity index (χ0v) is 13.7. The average molecular weight is 314 g/mol. The summed E-state index contributed by atoms with van der Waals surface area (Å²) < 4.78 is 1.76. The van der Waals surface area contributed by atoms with Crippen LogP contribution in [0.1, 0.15) is 35.1 Å². The van der Waals surface area contributed by atoms with Crippen LogP contribution in [0.3, 0.4) is 0 Å². The Labute approximate surface area is 135 Å². The quantitative estimate of drug-likeness (QED) is 0.916. The molecule has 1 N–H and O–H groups in total. The van der Waals surface area contributed by atoms with Crippen LogP contribution in [0.2, 0.25) is 0 Å². The monoisotopic (exact) mass is 314 g/mol. The number of aliphatic hydroxyl groups is 1. The van der Waals surface area contributed by atoms with Crippen LogP contribution in [0.25, 0.3) is 5.82 Å². The smallest absolute Gasteiger partial charge is 0.255 e. The molecule has 0 saturated carbocycles. The van der Waals surface area contributed by atoms with E-state index in [1.807, 2.05) is 26.8 Å². The number of piperidine rings is 1. The van der Waals surface area contributed by atoms with Crippen LogP contribution in [0, 0.1) is 19.8 Å². The molecule has 0 aromatic carbocycles. The Balaban J connectivity index is 1.77. The van der Waals surface area contributed by atoms with Gasteiger partial charge in [-0.05, 0) is 44.4 Å². The summed E-state index contributed by atoms with van der Waals surface area (Å²) in [6.07, 6.45) is 1.96. The van der Waals surface area contributed by atoms with Crippen molar-refractivity contribution < 1.29 is 9.90 Å². The zero-order chi connectivity index (χ0) is 16.6. The highest BCUT2D eigenvalue weighted by Gasteiger charge is 2.28. The molecule has 0 bridgehead atoms. The lowest BCUT2D eigenvalue weighted by atomic mass is 9.95. The molecule has 122 valence electrons. The largest absolute Gasteiger partial charge is 0.391 e. The van der Waals surface area contributed by atoms with Crippen LogP contribution >= 0.6 is 0 Å². The van der Waals surface area contributed by atoms with Gasteiger partial charge in [0.2, 0.25) is 0 Å². The van der Waals surface area contributed by atoms with Crippen molar-refractivity contribution >= 4 is 5.91 Å².